The van der Waals surface area contributed by atoms with Crippen LogP contribution in [0.1, 0.15) is 26.5 Å². The number of aromatic nitrogens is 1. The Morgan fingerprint density at radius 1 is 1.07 bits per heavy atom. The maximum absolute atomic E-state index is 12.2. The SMILES string of the molecule is COc1ccc(C(=O)Oc2ccc(C=NNc3nc(C)c(C)s3)cc2)cc1. The molecule has 0 aliphatic carbocycles. The quantitative estimate of drug-likeness (QED) is 0.296. The molecule has 27 heavy (non-hydrogen) atoms. The number of esters is 1. The van der Waals surface area contributed by atoms with Gasteiger partial charge in [0.2, 0.25) is 5.13 Å². The molecular weight excluding hydrogens is 362 g/mol. The zero-order valence-electron chi connectivity index (χ0n) is 15.2. The third kappa shape index (κ3) is 4.92. The second-order valence-corrected chi connectivity index (χ2v) is 6.92. The van der Waals surface area contributed by atoms with Gasteiger partial charge < -0.3 is 9.47 Å². The van der Waals surface area contributed by atoms with E-state index in [1.54, 1.807) is 61.1 Å². The maximum Gasteiger partial charge on any atom is 0.343 e. The van der Waals surface area contributed by atoms with E-state index in [1.165, 1.54) is 0 Å². The normalized spacial score (nSPS) is 10.8. The van der Waals surface area contributed by atoms with Crippen molar-refractivity contribution < 1.29 is 14.3 Å². The lowest BCUT2D eigenvalue weighted by atomic mass is 10.2. The molecule has 0 radical (unpaired) electrons. The van der Waals surface area contributed by atoms with Crippen molar-refractivity contribution in [2.75, 3.05) is 12.5 Å². The summed E-state index contributed by atoms with van der Waals surface area (Å²) in [6.45, 7) is 3.99. The Labute approximate surface area is 161 Å². The van der Waals surface area contributed by atoms with Gasteiger partial charge in [-0.1, -0.05) is 0 Å². The predicted octanol–water partition coefficient (Wildman–Crippen LogP) is 4.43. The van der Waals surface area contributed by atoms with E-state index in [2.05, 4.69) is 15.5 Å². The average molecular weight is 381 g/mol. The first kappa shape index (κ1) is 18.6. The fourth-order valence-electron chi connectivity index (χ4n) is 2.20. The molecule has 138 valence electrons. The van der Waals surface area contributed by atoms with E-state index in [0.29, 0.717) is 17.1 Å². The van der Waals surface area contributed by atoms with Crippen molar-refractivity contribution in [1.82, 2.24) is 4.98 Å². The summed E-state index contributed by atoms with van der Waals surface area (Å²) in [7, 11) is 1.58. The van der Waals surface area contributed by atoms with Crippen LogP contribution in [0.15, 0.2) is 53.6 Å². The minimum atomic E-state index is -0.421. The van der Waals surface area contributed by atoms with Gasteiger partial charge in [-0.3, -0.25) is 5.43 Å². The van der Waals surface area contributed by atoms with Gasteiger partial charge >= 0.3 is 5.97 Å². The Morgan fingerprint density at radius 2 is 1.74 bits per heavy atom. The van der Waals surface area contributed by atoms with Crippen molar-refractivity contribution in [3.63, 3.8) is 0 Å². The smallest absolute Gasteiger partial charge is 0.343 e. The fourth-order valence-corrected chi connectivity index (χ4v) is 2.96. The summed E-state index contributed by atoms with van der Waals surface area (Å²) in [4.78, 5) is 17.7. The van der Waals surface area contributed by atoms with Gasteiger partial charge in [0.05, 0.1) is 24.6 Å². The number of hydrogen-bond acceptors (Lipinski definition) is 7. The Balaban J connectivity index is 1.57. The lowest BCUT2D eigenvalue weighted by molar-refractivity contribution is 0.0734. The van der Waals surface area contributed by atoms with Gasteiger partial charge in [0, 0.05) is 4.88 Å². The molecule has 0 saturated heterocycles. The highest BCUT2D eigenvalue weighted by Gasteiger charge is 2.08. The number of carbonyl (C=O) groups excluding carboxylic acids is 1. The standard InChI is InChI=1S/C20H19N3O3S/c1-13-14(2)27-20(22-13)23-21-12-15-4-8-18(9-5-15)26-19(24)16-6-10-17(25-3)11-7-16/h4-12H,1-3H3,(H,22,23). The summed E-state index contributed by atoms with van der Waals surface area (Å²) in [6, 6.07) is 13.8. The van der Waals surface area contributed by atoms with Crippen molar-refractivity contribution in [3.8, 4) is 11.5 Å². The van der Waals surface area contributed by atoms with Crippen molar-refractivity contribution in [1.29, 1.82) is 0 Å². The number of aryl methyl sites for hydroxylation is 2. The molecular formula is C20H19N3O3S. The first-order valence-corrected chi connectivity index (χ1v) is 9.06. The van der Waals surface area contributed by atoms with Gasteiger partial charge in [0.25, 0.3) is 0 Å². The van der Waals surface area contributed by atoms with Crippen LogP contribution in [0.3, 0.4) is 0 Å². The zero-order chi connectivity index (χ0) is 19.2. The topological polar surface area (TPSA) is 72.8 Å². The van der Waals surface area contributed by atoms with Crippen LogP contribution in [0.5, 0.6) is 11.5 Å². The number of rotatable bonds is 6. The number of methoxy groups -OCH3 is 1. The van der Waals surface area contributed by atoms with Crippen molar-refractivity contribution in [2.24, 2.45) is 5.10 Å². The van der Waals surface area contributed by atoms with Gasteiger partial charge in [-0.25, -0.2) is 9.78 Å². The molecule has 0 amide bonds. The number of ether oxygens (including phenoxy) is 2. The third-order valence-corrected chi connectivity index (χ3v) is 4.80. The molecule has 0 atom stereocenters. The molecule has 0 unspecified atom stereocenters. The number of anilines is 1. The highest BCUT2D eigenvalue weighted by molar-refractivity contribution is 7.15. The number of nitrogens with zero attached hydrogens (tertiary/aromatic N) is 2. The molecule has 0 bridgehead atoms. The minimum Gasteiger partial charge on any atom is -0.497 e. The van der Waals surface area contributed by atoms with Crippen LogP contribution >= 0.6 is 11.3 Å². The molecule has 6 nitrogen and oxygen atoms in total. The molecule has 0 saturated carbocycles. The van der Waals surface area contributed by atoms with Gasteiger partial charge in [0.15, 0.2) is 0 Å². The van der Waals surface area contributed by atoms with Crippen molar-refractivity contribution >= 4 is 28.7 Å². The molecule has 1 aromatic heterocycles. The van der Waals surface area contributed by atoms with Crippen LogP contribution in [-0.2, 0) is 0 Å². The molecule has 7 heteroatoms. The van der Waals surface area contributed by atoms with Crippen molar-refractivity contribution in [2.45, 2.75) is 13.8 Å². The minimum absolute atomic E-state index is 0.421. The van der Waals surface area contributed by atoms with Gasteiger partial charge in [-0.05, 0) is 67.9 Å². The number of nitrogens with one attached hydrogen (secondary N) is 1. The second kappa shape index (κ2) is 8.46. The summed E-state index contributed by atoms with van der Waals surface area (Å²) in [6.07, 6.45) is 1.68. The predicted molar refractivity (Wildman–Crippen MR) is 107 cm³/mol. The molecule has 0 fully saturated rings. The van der Waals surface area contributed by atoms with E-state index in [4.69, 9.17) is 9.47 Å². The van der Waals surface area contributed by atoms with Crippen LogP contribution in [-0.4, -0.2) is 24.3 Å². The van der Waals surface area contributed by atoms with Crippen LogP contribution in [0.25, 0.3) is 0 Å². The summed E-state index contributed by atoms with van der Waals surface area (Å²) in [5.41, 5.74) is 5.24. The van der Waals surface area contributed by atoms with Crippen LogP contribution in [0.2, 0.25) is 0 Å². The van der Waals surface area contributed by atoms with Crippen LogP contribution in [0, 0.1) is 13.8 Å². The first-order chi connectivity index (χ1) is 13.0. The summed E-state index contributed by atoms with van der Waals surface area (Å²) >= 11 is 1.56. The van der Waals surface area contributed by atoms with E-state index < -0.39 is 5.97 Å². The van der Waals surface area contributed by atoms with Crippen molar-refractivity contribution in [3.05, 3.63) is 70.2 Å². The Kier molecular flexibility index (Phi) is 5.83. The molecule has 3 aromatic rings. The second-order valence-electron chi connectivity index (χ2n) is 5.72. The van der Waals surface area contributed by atoms with E-state index >= 15 is 0 Å². The molecule has 1 N–H and O–H groups in total. The van der Waals surface area contributed by atoms with Crippen LogP contribution in [0.4, 0.5) is 5.13 Å². The van der Waals surface area contributed by atoms with Gasteiger partial charge in [-0.2, -0.15) is 5.10 Å². The number of thiazole rings is 1. The van der Waals surface area contributed by atoms with Crippen LogP contribution < -0.4 is 14.9 Å². The number of benzene rings is 2. The Bertz CT molecular complexity index is 928. The number of hydrazone groups is 1. The number of hydrogen-bond donors (Lipinski definition) is 1. The highest BCUT2D eigenvalue weighted by Crippen LogP contribution is 2.21. The molecule has 2 aromatic carbocycles. The zero-order valence-corrected chi connectivity index (χ0v) is 16.0. The fraction of sp³-hybridized carbons (Fsp3) is 0.150. The largest absolute Gasteiger partial charge is 0.497 e. The summed E-state index contributed by atoms with van der Waals surface area (Å²) in [5.74, 6) is 0.731. The summed E-state index contributed by atoms with van der Waals surface area (Å²) < 4.78 is 10.4. The third-order valence-electron chi connectivity index (χ3n) is 3.82. The lowest BCUT2D eigenvalue weighted by Gasteiger charge is -2.05. The van der Waals surface area contributed by atoms with E-state index in [9.17, 15) is 4.79 Å². The molecule has 0 spiro atoms. The Hall–Kier alpha value is -3.19. The highest BCUT2D eigenvalue weighted by atomic mass is 32.1. The molecule has 0 aliphatic rings. The average Bonchev–Trinajstić information content (AvgIpc) is 3.00. The summed E-state index contributed by atoms with van der Waals surface area (Å²) in [5, 5.41) is 4.93. The van der Waals surface area contributed by atoms with E-state index in [0.717, 1.165) is 21.3 Å². The van der Waals surface area contributed by atoms with Gasteiger partial charge in [0.1, 0.15) is 11.5 Å². The van der Waals surface area contributed by atoms with E-state index in [1.807, 2.05) is 26.0 Å². The first-order valence-electron chi connectivity index (χ1n) is 8.24. The monoisotopic (exact) mass is 381 g/mol. The lowest BCUT2D eigenvalue weighted by Crippen LogP contribution is -2.08. The Morgan fingerprint density at radius 3 is 2.33 bits per heavy atom. The molecule has 1 heterocycles. The molecule has 3 rings (SSSR count). The van der Waals surface area contributed by atoms with Gasteiger partial charge in [-0.15, -0.1) is 11.3 Å². The maximum atomic E-state index is 12.2. The van der Waals surface area contributed by atoms with E-state index in [-0.39, 0.29) is 0 Å². The number of carbonyl (C=O) groups is 1. The molecule has 0 aliphatic heterocycles.